The number of halogens is 1. The summed E-state index contributed by atoms with van der Waals surface area (Å²) < 4.78 is 1.69. The molecule has 2 aromatic carbocycles. The minimum atomic E-state index is -0.0670. The van der Waals surface area contributed by atoms with Gasteiger partial charge in [0, 0.05) is 16.6 Å². The van der Waals surface area contributed by atoms with Gasteiger partial charge in [0.1, 0.15) is 0 Å². The van der Waals surface area contributed by atoms with E-state index in [2.05, 4.69) is 4.98 Å². The van der Waals surface area contributed by atoms with Crippen LogP contribution in [-0.2, 0) is 0 Å². The number of rotatable bonds is 6. The van der Waals surface area contributed by atoms with Crippen molar-refractivity contribution >= 4 is 40.0 Å². The molecular formula is C20H19ClN2O2S. The number of hydrogen-bond donors (Lipinski definition) is 0. The number of benzene rings is 2. The van der Waals surface area contributed by atoms with Crippen LogP contribution in [0.5, 0.6) is 0 Å². The van der Waals surface area contributed by atoms with Crippen molar-refractivity contribution in [2.24, 2.45) is 0 Å². The van der Waals surface area contributed by atoms with Crippen LogP contribution in [-0.4, -0.2) is 21.1 Å². The maximum atomic E-state index is 12.9. The van der Waals surface area contributed by atoms with Gasteiger partial charge < -0.3 is 0 Å². The zero-order valence-electron chi connectivity index (χ0n) is 14.6. The van der Waals surface area contributed by atoms with Crippen molar-refractivity contribution in [3.8, 4) is 0 Å². The monoisotopic (exact) mass is 386 g/mol. The lowest BCUT2D eigenvalue weighted by atomic mass is 10.1. The van der Waals surface area contributed by atoms with Crippen molar-refractivity contribution < 1.29 is 4.79 Å². The number of carbonyl (C=O) groups excluding carboxylic acids is 1. The second-order valence-electron chi connectivity index (χ2n) is 6.07. The Morgan fingerprint density at radius 2 is 2.00 bits per heavy atom. The van der Waals surface area contributed by atoms with E-state index in [0.29, 0.717) is 26.6 Å². The highest BCUT2D eigenvalue weighted by Gasteiger charge is 2.17. The molecule has 134 valence electrons. The van der Waals surface area contributed by atoms with Gasteiger partial charge in [0.25, 0.3) is 5.56 Å². The molecule has 0 spiro atoms. The van der Waals surface area contributed by atoms with E-state index in [1.54, 1.807) is 34.9 Å². The van der Waals surface area contributed by atoms with Gasteiger partial charge >= 0.3 is 0 Å². The Morgan fingerprint density at radius 1 is 1.23 bits per heavy atom. The number of fused-ring (bicyclic) bond motifs is 1. The van der Waals surface area contributed by atoms with Crippen molar-refractivity contribution in [1.82, 2.24) is 9.55 Å². The molecule has 1 aromatic heterocycles. The molecule has 1 atom stereocenters. The van der Waals surface area contributed by atoms with Crippen molar-refractivity contribution in [3.05, 3.63) is 69.5 Å². The number of ketones is 1. The Kier molecular flexibility index (Phi) is 5.79. The van der Waals surface area contributed by atoms with E-state index in [4.69, 9.17) is 11.6 Å². The third-order valence-electron chi connectivity index (χ3n) is 4.29. The van der Waals surface area contributed by atoms with Gasteiger partial charge in [-0.25, -0.2) is 4.98 Å². The summed E-state index contributed by atoms with van der Waals surface area (Å²) in [6.07, 6.45) is 0.801. The Balaban J connectivity index is 1.96. The number of carbonyl (C=O) groups is 1. The molecule has 1 heterocycles. The minimum absolute atomic E-state index is 0.00313. The van der Waals surface area contributed by atoms with Crippen molar-refractivity contribution in [3.63, 3.8) is 0 Å². The topological polar surface area (TPSA) is 52.0 Å². The highest BCUT2D eigenvalue weighted by molar-refractivity contribution is 7.99. The number of para-hydroxylation sites is 1. The Morgan fingerprint density at radius 3 is 2.73 bits per heavy atom. The normalized spacial score (nSPS) is 12.3. The zero-order chi connectivity index (χ0) is 18.7. The highest BCUT2D eigenvalue weighted by atomic mass is 35.5. The van der Waals surface area contributed by atoms with E-state index in [1.165, 1.54) is 11.8 Å². The maximum absolute atomic E-state index is 12.9. The first-order valence-electron chi connectivity index (χ1n) is 8.44. The van der Waals surface area contributed by atoms with E-state index in [9.17, 15) is 9.59 Å². The first-order valence-corrected chi connectivity index (χ1v) is 9.80. The van der Waals surface area contributed by atoms with Crippen molar-refractivity contribution in [2.45, 2.75) is 31.5 Å². The van der Waals surface area contributed by atoms with Gasteiger partial charge in [-0.3, -0.25) is 14.2 Å². The molecule has 0 radical (unpaired) electrons. The van der Waals surface area contributed by atoms with Gasteiger partial charge in [-0.05, 0) is 37.6 Å². The first-order chi connectivity index (χ1) is 12.5. The predicted molar refractivity (Wildman–Crippen MR) is 108 cm³/mol. The Labute approximate surface area is 161 Å². The molecule has 0 bridgehead atoms. The van der Waals surface area contributed by atoms with E-state index < -0.39 is 0 Å². The van der Waals surface area contributed by atoms with Gasteiger partial charge in [0.05, 0.1) is 16.7 Å². The third-order valence-corrected chi connectivity index (χ3v) is 5.47. The van der Waals surface area contributed by atoms with Crippen LogP contribution in [0.2, 0.25) is 5.02 Å². The third kappa shape index (κ3) is 3.84. The molecule has 3 aromatic rings. The largest absolute Gasteiger partial charge is 0.293 e. The van der Waals surface area contributed by atoms with Crippen LogP contribution in [0.25, 0.3) is 10.9 Å². The highest BCUT2D eigenvalue weighted by Crippen LogP contribution is 2.23. The average molecular weight is 387 g/mol. The molecule has 0 saturated heterocycles. The van der Waals surface area contributed by atoms with Crippen LogP contribution < -0.4 is 5.56 Å². The summed E-state index contributed by atoms with van der Waals surface area (Å²) in [7, 11) is 0. The summed E-state index contributed by atoms with van der Waals surface area (Å²) in [5.74, 6) is 0.150. The van der Waals surface area contributed by atoms with Gasteiger partial charge in [0.2, 0.25) is 0 Å². The Hall–Kier alpha value is -2.11. The second-order valence-corrected chi connectivity index (χ2v) is 7.45. The SMILES string of the molecule is CC[C@H](C)n1c(SCC(=O)c2cccc(Cl)c2)nc2ccccc2c1=O. The van der Waals surface area contributed by atoms with E-state index in [-0.39, 0.29) is 23.1 Å². The quantitative estimate of drug-likeness (QED) is 0.340. The number of hydrogen-bond acceptors (Lipinski definition) is 4. The van der Waals surface area contributed by atoms with Crippen LogP contribution in [0, 0.1) is 0 Å². The molecule has 0 aliphatic carbocycles. The standard InChI is InChI=1S/C20H19ClN2O2S/c1-3-13(2)23-19(25)16-9-4-5-10-17(16)22-20(23)26-12-18(24)14-7-6-8-15(21)11-14/h4-11,13H,3,12H2,1-2H3/t13-/m0/s1. The molecule has 0 saturated carbocycles. The van der Waals surface area contributed by atoms with Crippen molar-refractivity contribution in [2.75, 3.05) is 5.75 Å². The average Bonchev–Trinajstić information content (AvgIpc) is 2.65. The summed E-state index contributed by atoms with van der Waals surface area (Å²) in [6.45, 7) is 4.01. The molecule has 6 heteroatoms. The second kappa shape index (κ2) is 8.06. The Bertz CT molecular complexity index is 1020. The van der Waals surface area contributed by atoms with Crippen molar-refractivity contribution in [1.29, 1.82) is 0 Å². The molecule has 0 unspecified atom stereocenters. The summed E-state index contributed by atoms with van der Waals surface area (Å²) in [5.41, 5.74) is 1.14. The van der Waals surface area contributed by atoms with Crippen LogP contribution in [0.4, 0.5) is 0 Å². The fraction of sp³-hybridized carbons (Fsp3) is 0.250. The van der Waals surface area contributed by atoms with Crippen LogP contribution in [0.3, 0.4) is 0 Å². The molecule has 26 heavy (non-hydrogen) atoms. The number of thioether (sulfide) groups is 1. The number of Topliss-reactive ketones (excluding diaryl/α,β-unsaturated/α-hetero) is 1. The van der Waals surface area contributed by atoms with Gasteiger partial charge in [-0.15, -0.1) is 0 Å². The number of nitrogens with zero attached hydrogens (tertiary/aromatic N) is 2. The molecule has 0 amide bonds. The molecular weight excluding hydrogens is 368 g/mol. The summed E-state index contributed by atoms with van der Waals surface area (Å²) >= 11 is 7.25. The van der Waals surface area contributed by atoms with Crippen LogP contribution in [0.15, 0.2) is 58.5 Å². The van der Waals surface area contributed by atoms with E-state index in [1.807, 2.05) is 32.0 Å². The first kappa shape index (κ1) is 18.7. The minimum Gasteiger partial charge on any atom is -0.293 e. The van der Waals surface area contributed by atoms with Crippen LogP contribution >= 0.6 is 23.4 Å². The lowest BCUT2D eigenvalue weighted by Crippen LogP contribution is -2.26. The van der Waals surface area contributed by atoms with E-state index in [0.717, 1.165) is 6.42 Å². The molecule has 0 N–H and O–H groups in total. The lowest BCUT2D eigenvalue weighted by Gasteiger charge is -2.18. The molecule has 3 rings (SSSR count). The molecule has 0 aliphatic rings. The molecule has 4 nitrogen and oxygen atoms in total. The van der Waals surface area contributed by atoms with Gasteiger partial charge in [0.15, 0.2) is 10.9 Å². The molecule has 0 aliphatic heterocycles. The number of aromatic nitrogens is 2. The fourth-order valence-electron chi connectivity index (χ4n) is 2.67. The van der Waals surface area contributed by atoms with E-state index >= 15 is 0 Å². The predicted octanol–water partition coefficient (Wildman–Crippen LogP) is 5.00. The van der Waals surface area contributed by atoms with Gasteiger partial charge in [-0.2, -0.15) is 0 Å². The molecule has 0 fully saturated rings. The summed E-state index contributed by atoms with van der Waals surface area (Å²) in [5, 5.41) is 1.69. The van der Waals surface area contributed by atoms with Gasteiger partial charge in [-0.1, -0.05) is 54.6 Å². The summed E-state index contributed by atoms with van der Waals surface area (Å²) in [4.78, 5) is 30.0. The smallest absolute Gasteiger partial charge is 0.262 e. The van der Waals surface area contributed by atoms with Crippen LogP contribution in [0.1, 0.15) is 36.7 Å². The fourth-order valence-corrected chi connectivity index (χ4v) is 3.86. The zero-order valence-corrected chi connectivity index (χ0v) is 16.2. The maximum Gasteiger partial charge on any atom is 0.262 e. The summed E-state index contributed by atoms with van der Waals surface area (Å²) in [6, 6.07) is 14.2. The lowest BCUT2D eigenvalue weighted by molar-refractivity contribution is 0.102.